The molecule has 0 bridgehead atoms. The zero-order valence-corrected chi connectivity index (χ0v) is 11.7. The van der Waals surface area contributed by atoms with Crippen molar-refractivity contribution in [2.24, 2.45) is 5.73 Å². The third-order valence-corrected chi connectivity index (χ3v) is 4.08. The first-order valence-corrected chi connectivity index (χ1v) is 7.46. The van der Waals surface area contributed by atoms with Crippen LogP contribution in [0, 0.1) is 0 Å². The lowest BCUT2D eigenvalue weighted by Gasteiger charge is -2.06. The molecular formula is C16H21N3O. The molecule has 1 fully saturated rings. The van der Waals surface area contributed by atoms with Gasteiger partial charge in [-0.2, -0.15) is 4.98 Å². The molecule has 20 heavy (non-hydrogen) atoms. The lowest BCUT2D eigenvalue weighted by molar-refractivity contribution is 0.343. The summed E-state index contributed by atoms with van der Waals surface area (Å²) >= 11 is 0. The molecule has 0 saturated heterocycles. The first kappa shape index (κ1) is 13.3. The van der Waals surface area contributed by atoms with Crippen LogP contribution in [-0.2, 0) is 6.42 Å². The summed E-state index contributed by atoms with van der Waals surface area (Å²) in [4.78, 5) is 4.50. The van der Waals surface area contributed by atoms with Gasteiger partial charge in [0.1, 0.15) is 0 Å². The highest BCUT2D eigenvalue weighted by Crippen LogP contribution is 2.32. The molecule has 0 spiro atoms. The number of hydrogen-bond donors (Lipinski definition) is 1. The monoisotopic (exact) mass is 271 g/mol. The van der Waals surface area contributed by atoms with E-state index in [4.69, 9.17) is 10.3 Å². The normalized spacial score (nSPS) is 17.4. The van der Waals surface area contributed by atoms with Crippen molar-refractivity contribution >= 4 is 0 Å². The van der Waals surface area contributed by atoms with Gasteiger partial charge in [-0.15, -0.1) is 0 Å². The molecule has 1 atom stereocenters. The van der Waals surface area contributed by atoms with Crippen molar-refractivity contribution in [2.75, 3.05) is 0 Å². The van der Waals surface area contributed by atoms with Gasteiger partial charge >= 0.3 is 0 Å². The molecule has 3 rings (SSSR count). The minimum Gasteiger partial charge on any atom is -0.338 e. The molecule has 2 N–H and O–H groups in total. The largest absolute Gasteiger partial charge is 0.338 e. The zero-order valence-electron chi connectivity index (χ0n) is 11.7. The van der Waals surface area contributed by atoms with Gasteiger partial charge in [0.2, 0.25) is 5.89 Å². The van der Waals surface area contributed by atoms with E-state index < -0.39 is 0 Å². The van der Waals surface area contributed by atoms with Gasteiger partial charge in [-0.3, -0.25) is 0 Å². The smallest absolute Gasteiger partial charge is 0.243 e. The minimum atomic E-state index is -0.169. The second-order valence-electron chi connectivity index (χ2n) is 5.60. The zero-order chi connectivity index (χ0) is 13.8. The van der Waals surface area contributed by atoms with Crippen LogP contribution < -0.4 is 5.73 Å². The van der Waals surface area contributed by atoms with E-state index in [1.807, 2.05) is 18.2 Å². The molecule has 106 valence electrons. The van der Waals surface area contributed by atoms with E-state index in [-0.39, 0.29) is 6.04 Å². The quantitative estimate of drug-likeness (QED) is 0.905. The Morgan fingerprint density at radius 2 is 1.95 bits per heavy atom. The maximum absolute atomic E-state index is 6.16. The van der Waals surface area contributed by atoms with Crippen LogP contribution in [0.5, 0.6) is 0 Å². The van der Waals surface area contributed by atoms with Crippen LogP contribution in [0.4, 0.5) is 0 Å². The molecule has 1 aliphatic rings. The molecule has 1 saturated carbocycles. The van der Waals surface area contributed by atoms with E-state index in [0.717, 1.165) is 18.7 Å². The van der Waals surface area contributed by atoms with Crippen molar-refractivity contribution in [2.45, 2.75) is 50.5 Å². The van der Waals surface area contributed by atoms with Crippen molar-refractivity contribution in [3.05, 3.63) is 47.6 Å². The summed E-state index contributed by atoms with van der Waals surface area (Å²) in [6.45, 7) is 0. The number of aromatic nitrogens is 2. The second-order valence-corrected chi connectivity index (χ2v) is 5.60. The molecule has 0 radical (unpaired) electrons. The summed E-state index contributed by atoms with van der Waals surface area (Å²) in [6.07, 6.45) is 6.67. The average Bonchev–Trinajstić information content (AvgIpc) is 3.16. The summed E-state index contributed by atoms with van der Waals surface area (Å²) in [5.74, 6) is 1.92. The van der Waals surface area contributed by atoms with Crippen LogP contribution in [0.3, 0.4) is 0 Å². The second kappa shape index (κ2) is 6.18. The van der Waals surface area contributed by atoms with Gasteiger partial charge < -0.3 is 10.3 Å². The molecule has 1 aromatic heterocycles. The van der Waals surface area contributed by atoms with E-state index in [0.29, 0.717) is 11.8 Å². The lowest BCUT2D eigenvalue weighted by Crippen LogP contribution is -2.12. The molecular weight excluding hydrogens is 250 g/mol. The van der Waals surface area contributed by atoms with Crippen LogP contribution >= 0.6 is 0 Å². The number of nitrogens with two attached hydrogens (primary N) is 1. The highest BCUT2D eigenvalue weighted by Gasteiger charge is 2.23. The third-order valence-electron chi connectivity index (χ3n) is 4.08. The Kier molecular flexibility index (Phi) is 4.11. The number of benzene rings is 1. The van der Waals surface area contributed by atoms with Crippen molar-refractivity contribution in [3.8, 4) is 0 Å². The number of aryl methyl sites for hydroxylation is 1. The van der Waals surface area contributed by atoms with Crippen molar-refractivity contribution in [3.63, 3.8) is 0 Å². The van der Waals surface area contributed by atoms with Crippen LogP contribution in [0.25, 0.3) is 0 Å². The molecule has 0 aliphatic heterocycles. The van der Waals surface area contributed by atoms with Crippen molar-refractivity contribution < 1.29 is 4.52 Å². The predicted octanol–water partition coefficient (Wildman–Crippen LogP) is 3.36. The Hall–Kier alpha value is -1.68. The van der Waals surface area contributed by atoms with Gasteiger partial charge in [0.05, 0.1) is 6.04 Å². The average molecular weight is 271 g/mol. The van der Waals surface area contributed by atoms with Gasteiger partial charge in [-0.25, -0.2) is 0 Å². The Labute approximate surface area is 119 Å². The Morgan fingerprint density at radius 3 is 2.70 bits per heavy atom. The maximum Gasteiger partial charge on any atom is 0.243 e. The molecule has 4 heteroatoms. The SMILES string of the molecule is NC(CCc1ccccc1)c1nc(C2CCCC2)no1. The standard InChI is InChI=1S/C16H21N3O/c17-14(11-10-12-6-2-1-3-7-12)16-18-15(19-20-16)13-8-4-5-9-13/h1-3,6-7,13-14H,4-5,8-11,17H2. The Bertz CT molecular complexity index is 532. The maximum atomic E-state index is 6.16. The molecule has 4 nitrogen and oxygen atoms in total. The van der Waals surface area contributed by atoms with Gasteiger partial charge in [-0.05, 0) is 31.2 Å². The molecule has 1 aromatic carbocycles. The summed E-state index contributed by atoms with van der Waals surface area (Å²) in [5.41, 5.74) is 7.45. The van der Waals surface area contributed by atoms with Crippen molar-refractivity contribution in [1.29, 1.82) is 0 Å². The fraction of sp³-hybridized carbons (Fsp3) is 0.500. The van der Waals surface area contributed by atoms with Gasteiger partial charge in [0.15, 0.2) is 5.82 Å². The van der Waals surface area contributed by atoms with Gasteiger partial charge in [0.25, 0.3) is 0 Å². The van der Waals surface area contributed by atoms with E-state index in [1.54, 1.807) is 0 Å². The van der Waals surface area contributed by atoms with Gasteiger partial charge in [-0.1, -0.05) is 48.3 Å². The van der Waals surface area contributed by atoms with Crippen LogP contribution in [0.15, 0.2) is 34.9 Å². The first-order chi connectivity index (χ1) is 9.83. The van der Waals surface area contributed by atoms with Crippen LogP contribution in [0.2, 0.25) is 0 Å². The van der Waals surface area contributed by atoms with Crippen LogP contribution in [0.1, 0.15) is 61.3 Å². The molecule has 2 aromatic rings. The number of rotatable bonds is 5. The highest BCUT2D eigenvalue weighted by molar-refractivity contribution is 5.15. The minimum absolute atomic E-state index is 0.169. The number of nitrogens with zero attached hydrogens (tertiary/aromatic N) is 2. The van der Waals surface area contributed by atoms with E-state index in [9.17, 15) is 0 Å². The summed E-state index contributed by atoms with van der Waals surface area (Å²) in [5, 5.41) is 4.11. The number of hydrogen-bond acceptors (Lipinski definition) is 4. The summed E-state index contributed by atoms with van der Waals surface area (Å²) in [6, 6.07) is 10.2. The Balaban J connectivity index is 1.58. The highest BCUT2D eigenvalue weighted by atomic mass is 16.5. The topological polar surface area (TPSA) is 64.9 Å². The van der Waals surface area contributed by atoms with Crippen LogP contribution in [-0.4, -0.2) is 10.1 Å². The first-order valence-electron chi connectivity index (χ1n) is 7.46. The summed E-state index contributed by atoms with van der Waals surface area (Å²) in [7, 11) is 0. The molecule has 1 heterocycles. The fourth-order valence-corrected chi connectivity index (χ4v) is 2.84. The fourth-order valence-electron chi connectivity index (χ4n) is 2.84. The predicted molar refractivity (Wildman–Crippen MR) is 77.2 cm³/mol. The van der Waals surface area contributed by atoms with Crippen molar-refractivity contribution in [1.82, 2.24) is 10.1 Å². The van der Waals surface area contributed by atoms with E-state index in [1.165, 1.54) is 31.2 Å². The third kappa shape index (κ3) is 3.07. The molecule has 1 unspecified atom stereocenters. The van der Waals surface area contributed by atoms with Gasteiger partial charge in [0, 0.05) is 5.92 Å². The van der Waals surface area contributed by atoms with E-state index >= 15 is 0 Å². The molecule has 0 amide bonds. The molecule has 1 aliphatic carbocycles. The summed E-state index contributed by atoms with van der Waals surface area (Å²) < 4.78 is 5.34. The Morgan fingerprint density at radius 1 is 1.20 bits per heavy atom. The lowest BCUT2D eigenvalue weighted by atomic mass is 10.1. The van der Waals surface area contributed by atoms with E-state index in [2.05, 4.69) is 22.3 Å².